The summed E-state index contributed by atoms with van der Waals surface area (Å²) in [6.45, 7) is -1.01. The van der Waals surface area contributed by atoms with Gasteiger partial charge in [-0.25, -0.2) is 0 Å². The fourth-order valence-electron chi connectivity index (χ4n) is 1.94. The van der Waals surface area contributed by atoms with Crippen molar-refractivity contribution in [2.24, 2.45) is 0 Å². The maximum atomic E-state index is 9.96. The third kappa shape index (κ3) is 5.54. The number of halogens is 3. The van der Waals surface area contributed by atoms with E-state index in [2.05, 4.69) is 15.0 Å². The molecule has 0 saturated carbocycles. The van der Waals surface area contributed by atoms with Crippen molar-refractivity contribution >= 4 is 34.8 Å². The highest BCUT2D eigenvalue weighted by atomic mass is 35.6. The smallest absolute Gasteiger partial charge is 0.328 e. The first-order valence-electron chi connectivity index (χ1n) is 7.11. The Hall–Kier alpha value is -0.920. The Morgan fingerprint density at radius 1 is 1.00 bits per heavy atom. The number of hydrogen-bond donors (Lipinski definition) is 4. The first-order valence-corrected chi connectivity index (χ1v) is 8.24. The van der Waals surface area contributed by atoms with Gasteiger partial charge in [-0.2, -0.15) is 0 Å². The summed E-state index contributed by atoms with van der Waals surface area (Å²) in [6.07, 6.45) is -7.48. The molecule has 1 aliphatic rings. The minimum absolute atomic E-state index is 0.209. The summed E-state index contributed by atoms with van der Waals surface area (Å²) < 4.78 is 18.7. The van der Waals surface area contributed by atoms with Crippen molar-refractivity contribution in [3.05, 3.63) is 0 Å². The van der Waals surface area contributed by atoms with Crippen LogP contribution in [0.4, 0.5) is 0 Å². The van der Waals surface area contributed by atoms with Crippen molar-refractivity contribution in [2.45, 2.75) is 34.5 Å². The molecule has 2 rings (SSSR count). The molecule has 0 bridgehead atoms. The van der Waals surface area contributed by atoms with E-state index in [0.29, 0.717) is 0 Å². The summed E-state index contributed by atoms with van der Waals surface area (Å²) in [7, 11) is 1.27. The van der Waals surface area contributed by atoms with Gasteiger partial charge in [0.05, 0.1) is 13.7 Å². The number of rotatable bonds is 6. The van der Waals surface area contributed by atoms with E-state index < -0.39 is 47.1 Å². The minimum atomic E-state index is -1.72. The molecular formula is C12H16Cl3N3O8. The largest absolute Gasteiger partial charge is 0.467 e. The molecule has 1 aromatic heterocycles. The number of methoxy groups -OCH3 is 1. The van der Waals surface area contributed by atoms with E-state index in [0.717, 1.165) is 0 Å². The Kier molecular flexibility index (Phi) is 7.27. The lowest BCUT2D eigenvalue weighted by molar-refractivity contribution is -0.278. The molecular weight excluding hydrogens is 421 g/mol. The van der Waals surface area contributed by atoms with Gasteiger partial charge in [0, 0.05) is 0 Å². The Morgan fingerprint density at radius 3 is 2.19 bits per heavy atom. The van der Waals surface area contributed by atoms with Gasteiger partial charge in [-0.1, -0.05) is 34.8 Å². The molecule has 1 fully saturated rings. The van der Waals surface area contributed by atoms with Crippen molar-refractivity contribution in [3.63, 3.8) is 0 Å². The van der Waals surface area contributed by atoms with Crippen LogP contribution in [0.25, 0.3) is 0 Å². The normalized spacial score (nSPS) is 29.3. The lowest BCUT2D eigenvalue weighted by Crippen LogP contribution is -2.60. The summed E-state index contributed by atoms with van der Waals surface area (Å²) in [5.74, 6) is 0. The lowest BCUT2D eigenvalue weighted by Gasteiger charge is -2.39. The molecule has 5 atom stereocenters. The quantitative estimate of drug-likeness (QED) is 0.397. The highest BCUT2D eigenvalue weighted by Crippen LogP contribution is 2.27. The van der Waals surface area contributed by atoms with Crippen LogP contribution in [0.1, 0.15) is 0 Å². The summed E-state index contributed by atoms with van der Waals surface area (Å²) in [6, 6.07) is -0.915. The molecule has 0 radical (unpaired) electrons. The lowest BCUT2D eigenvalue weighted by atomic mass is 9.99. The number of aromatic nitrogens is 3. The van der Waals surface area contributed by atoms with Gasteiger partial charge < -0.3 is 39.4 Å². The number of aliphatic hydroxyl groups excluding tert-OH is 4. The minimum Gasteiger partial charge on any atom is -0.467 e. The van der Waals surface area contributed by atoms with Gasteiger partial charge in [0.1, 0.15) is 31.0 Å². The van der Waals surface area contributed by atoms with Crippen LogP contribution in [-0.2, 0) is 4.74 Å². The summed E-state index contributed by atoms with van der Waals surface area (Å²) in [5, 5.41) is 38.6. The summed E-state index contributed by atoms with van der Waals surface area (Å²) in [4.78, 5) is 11.3. The first-order chi connectivity index (χ1) is 12.1. The van der Waals surface area contributed by atoms with Crippen LogP contribution in [0.5, 0.6) is 18.0 Å². The molecule has 26 heavy (non-hydrogen) atoms. The van der Waals surface area contributed by atoms with E-state index in [1.54, 1.807) is 0 Å². The zero-order chi connectivity index (χ0) is 19.5. The Labute approximate surface area is 162 Å². The fourth-order valence-corrected chi connectivity index (χ4v) is 2.11. The van der Waals surface area contributed by atoms with Crippen LogP contribution in [0.15, 0.2) is 0 Å². The maximum absolute atomic E-state index is 9.96. The van der Waals surface area contributed by atoms with Crippen LogP contribution in [-0.4, -0.2) is 90.2 Å². The molecule has 14 heteroatoms. The van der Waals surface area contributed by atoms with E-state index in [1.165, 1.54) is 7.11 Å². The number of aliphatic hydroxyl groups is 4. The molecule has 1 saturated heterocycles. The van der Waals surface area contributed by atoms with E-state index in [-0.39, 0.29) is 18.6 Å². The second kappa shape index (κ2) is 8.85. The van der Waals surface area contributed by atoms with Crippen molar-refractivity contribution in [3.8, 4) is 18.0 Å². The van der Waals surface area contributed by atoms with Gasteiger partial charge in [-0.05, 0) is 0 Å². The topological polar surface area (TPSA) is 157 Å². The number of nitrogens with zero attached hydrogens (tertiary/aromatic N) is 3. The predicted octanol–water partition coefficient (Wildman–Crippen LogP) is -1.19. The van der Waals surface area contributed by atoms with Crippen molar-refractivity contribution in [1.82, 2.24) is 15.0 Å². The maximum Gasteiger partial charge on any atom is 0.328 e. The second-order valence-electron chi connectivity index (χ2n) is 5.11. The van der Waals surface area contributed by atoms with Crippen molar-refractivity contribution in [2.75, 3.05) is 20.3 Å². The van der Waals surface area contributed by atoms with Gasteiger partial charge in [0.15, 0.2) is 0 Å². The Bertz CT molecular complexity index is 606. The van der Waals surface area contributed by atoms with Gasteiger partial charge in [0.25, 0.3) is 0 Å². The molecule has 0 spiro atoms. The molecule has 4 N–H and O–H groups in total. The van der Waals surface area contributed by atoms with Crippen LogP contribution < -0.4 is 14.2 Å². The third-order valence-corrected chi connectivity index (χ3v) is 3.52. The van der Waals surface area contributed by atoms with Crippen LogP contribution in [0.3, 0.4) is 0 Å². The van der Waals surface area contributed by atoms with Crippen molar-refractivity contribution in [1.29, 1.82) is 0 Å². The molecule has 148 valence electrons. The van der Waals surface area contributed by atoms with E-state index in [9.17, 15) is 15.3 Å². The average Bonchev–Trinajstić information content (AvgIpc) is 2.59. The molecule has 0 aromatic carbocycles. The molecule has 0 amide bonds. The molecule has 11 nitrogen and oxygen atoms in total. The Morgan fingerprint density at radius 2 is 1.62 bits per heavy atom. The van der Waals surface area contributed by atoms with Gasteiger partial charge >= 0.3 is 18.0 Å². The molecule has 0 unspecified atom stereocenters. The molecule has 1 aromatic rings. The molecule has 1 aliphatic heterocycles. The molecule has 2 heterocycles. The zero-order valence-corrected chi connectivity index (χ0v) is 15.5. The van der Waals surface area contributed by atoms with Crippen LogP contribution in [0.2, 0.25) is 0 Å². The third-order valence-electron chi connectivity index (χ3n) is 3.19. The van der Waals surface area contributed by atoms with Gasteiger partial charge in [0.2, 0.25) is 10.1 Å². The summed E-state index contributed by atoms with van der Waals surface area (Å²) >= 11 is 16.7. The van der Waals surface area contributed by atoms with E-state index in [4.69, 9.17) is 58.9 Å². The standard InChI is InChI=1S/C12H16Cl3N3O8/c1-23-9-16-10(24-3-12(13,14)15)18-11(17-9)26-8-7(22)6(21)5(20)4(2-19)25-8/h4-8,19-22H,2-3H2,1H3/t4-,5-,6+,7-,8+/m1/s1. The molecule has 0 aliphatic carbocycles. The zero-order valence-electron chi connectivity index (χ0n) is 13.2. The van der Waals surface area contributed by atoms with Gasteiger partial charge in [-0.15, -0.1) is 15.0 Å². The highest BCUT2D eigenvalue weighted by Gasteiger charge is 2.45. The average molecular weight is 437 g/mol. The fraction of sp³-hybridized carbons (Fsp3) is 0.750. The number of ether oxygens (including phenoxy) is 4. The SMILES string of the molecule is COc1nc(OCC(Cl)(Cl)Cl)nc(O[C@@H]2O[C@H](CO)[C@@H](O)[C@H](O)[C@H]2O)n1. The number of hydrogen-bond acceptors (Lipinski definition) is 11. The van der Waals surface area contributed by atoms with Crippen LogP contribution in [0, 0.1) is 0 Å². The highest BCUT2D eigenvalue weighted by molar-refractivity contribution is 6.67. The van der Waals surface area contributed by atoms with E-state index in [1.807, 2.05) is 0 Å². The second-order valence-corrected chi connectivity index (χ2v) is 7.62. The van der Waals surface area contributed by atoms with E-state index >= 15 is 0 Å². The van der Waals surface area contributed by atoms with Crippen molar-refractivity contribution < 1.29 is 39.4 Å². The van der Waals surface area contributed by atoms with Crippen LogP contribution >= 0.6 is 34.8 Å². The monoisotopic (exact) mass is 435 g/mol. The summed E-state index contributed by atoms with van der Waals surface area (Å²) in [5.41, 5.74) is 0. The number of alkyl halides is 3. The van der Waals surface area contributed by atoms with Gasteiger partial charge in [-0.3, -0.25) is 0 Å². The Balaban J connectivity index is 2.16. The first kappa shape index (κ1) is 21.4. The predicted molar refractivity (Wildman–Crippen MR) is 86.6 cm³/mol.